The minimum absolute atomic E-state index is 0.157. The Bertz CT molecular complexity index is 393. The summed E-state index contributed by atoms with van der Waals surface area (Å²) in [5, 5.41) is 0. The molecule has 0 bridgehead atoms. The molecular weight excluding hydrogens is 193 g/mol. The molecule has 1 aromatic carbocycles. The van der Waals surface area contributed by atoms with Crippen molar-refractivity contribution >= 4 is 5.78 Å². The Morgan fingerprint density at radius 3 is 2.50 bits per heavy atom. The maximum Gasteiger partial charge on any atom is 0.416 e. The van der Waals surface area contributed by atoms with Gasteiger partial charge in [0.2, 0.25) is 0 Å². The summed E-state index contributed by atoms with van der Waals surface area (Å²) in [5.74, 6) is -0.189. The molecule has 4 heteroatoms. The molecule has 14 heavy (non-hydrogen) atoms. The van der Waals surface area contributed by atoms with Crippen LogP contribution in [0.4, 0.5) is 13.2 Å². The van der Waals surface area contributed by atoms with Crippen molar-refractivity contribution in [2.75, 3.05) is 0 Å². The van der Waals surface area contributed by atoms with Crippen molar-refractivity contribution in [2.24, 2.45) is 0 Å². The highest BCUT2D eigenvalue weighted by Gasteiger charge is 2.36. The van der Waals surface area contributed by atoms with Crippen molar-refractivity contribution in [1.82, 2.24) is 0 Å². The number of hydrogen-bond acceptors (Lipinski definition) is 1. The summed E-state index contributed by atoms with van der Waals surface area (Å²) in [6.07, 6.45) is -3.94. The zero-order valence-electron chi connectivity index (χ0n) is 7.19. The quantitative estimate of drug-likeness (QED) is 0.629. The summed E-state index contributed by atoms with van der Waals surface area (Å²) in [5.41, 5.74) is -0.273. The van der Waals surface area contributed by atoms with Crippen LogP contribution in [0.25, 0.3) is 0 Å². The first-order valence-electron chi connectivity index (χ1n) is 4.22. The molecule has 0 spiro atoms. The number of benzene rings is 1. The lowest BCUT2D eigenvalue weighted by Gasteiger charge is -2.10. The number of Topliss-reactive ketones (excluding diaryl/α,β-unsaturated/α-hetero) is 1. The van der Waals surface area contributed by atoms with Crippen molar-refractivity contribution < 1.29 is 18.0 Å². The first kappa shape index (κ1) is 9.24. The Hall–Kier alpha value is -1.32. The summed E-state index contributed by atoms with van der Waals surface area (Å²) in [4.78, 5) is 11.2. The van der Waals surface area contributed by atoms with Gasteiger partial charge in [0.05, 0.1) is 5.56 Å². The van der Waals surface area contributed by atoms with Gasteiger partial charge in [-0.25, -0.2) is 0 Å². The Morgan fingerprint density at radius 1 is 1.14 bits per heavy atom. The highest BCUT2D eigenvalue weighted by molar-refractivity contribution is 6.00. The summed E-state index contributed by atoms with van der Waals surface area (Å²) < 4.78 is 37.4. The highest BCUT2D eigenvalue weighted by atomic mass is 19.4. The largest absolute Gasteiger partial charge is 0.416 e. The molecule has 0 saturated carbocycles. The van der Waals surface area contributed by atoms with E-state index in [4.69, 9.17) is 0 Å². The number of hydrogen-bond donors (Lipinski definition) is 0. The molecule has 74 valence electrons. The van der Waals surface area contributed by atoms with Gasteiger partial charge in [-0.2, -0.15) is 13.2 Å². The summed E-state index contributed by atoms with van der Waals surface area (Å²) in [6.45, 7) is 0. The zero-order valence-corrected chi connectivity index (χ0v) is 7.19. The van der Waals surface area contributed by atoms with Crippen LogP contribution in [0.3, 0.4) is 0 Å². The van der Waals surface area contributed by atoms with Crippen molar-refractivity contribution in [3.8, 4) is 0 Å². The highest BCUT2D eigenvalue weighted by Crippen LogP contribution is 2.36. The summed E-state index contributed by atoms with van der Waals surface area (Å²) in [6, 6.07) is 3.77. The number of alkyl halides is 3. The van der Waals surface area contributed by atoms with Gasteiger partial charge in [-0.1, -0.05) is 12.1 Å². The number of fused-ring (bicyclic) bond motifs is 1. The molecule has 0 N–H and O–H groups in total. The van der Waals surface area contributed by atoms with E-state index in [9.17, 15) is 18.0 Å². The molecule has 1 aliphatic rings. The second-order valence-corrected chi connectivity index (χ2v) is 3.25. The number of carbonyl (C=O) groups is 1. The van der Waals surface area contributed by atoms with E-state index in [1.165, 1.54) is 12.1 Å². The van der Waals surface area contributed by atoms with Crippen LogP contribution in [-0.4, -0.2) is 5.78 Å². The predicted octanol–water partition coefficient (Wildman–Crippen LogP) is 2.83. The number of halogens is 3. The topological polar surface area (TPSA) is 17.1 Å². The van der Waals surface area contributed by atoms with Crippen LogP contribution in [0.1, 0.15) is 27.9 Å². The van der Waals surface area contributed by atoms with Crippen molar-refractivity contribution in [3.05, 3.63) is 34.9 Å². The van der Waals surface area contributed by atoms with E-state index in [1.807, 2.05) is 0 Å². The SMILES string of the molecule is O=C1CCc2c1cccc2C(F)(F)F. The van der Waals surface area contributed by atoms with Gasteiger partial charge in [-0.05, 0) is 18.1 Å². The third-order valence-electron chi connectivity index (χ3n) is 2.38. The molecule has 2 rings (SSSR count). The third kappa shape index (κ3) is 1.31. The molecule has 0 amide bonds. The van der Waals surface area contributed by atoms with E-state index < -0.39 is 11.7 Å². The van der Waals surface area contributed by atoms with Crippen molar-refractivity contribution in [1.29, 1.82) is 0 Å². The van der Waals surface area contributed by atoms with Gasteiger partial charge in [0.1, 0.15) is 0 Å². The van der Waals surface area contributed by atoms with Gasteiger partial charge in [0.15, 0.2) is 5.78 Å². The van der Waals surface area contributed by atoms with E-state index in [0.29, 0.717) is 0 Å². The molecule has 0 aromatic heterocycles. The van der Waals surface area contributed by atoms with E-state index in [0.717, 1.165) is 6.07 Å². The van der Waals surface area contributed by atoms with Crippen LogP contribution in [0.5, 0.6) is 0 Å². The monoisotopic (exact) mass is 200 g/mol. The molecule has 0 saturated heterocycles. The number of rotatable bonds is 0. The lowest BCUT2D eigenvalue weighted by atomic mass is 10.0. The number of ketones is 1. The van der Waals surface area contributed by atoms with Crippen molar-refractivity contribution in [3.63, 3.8) is 0 Å². The maximum atomic E-state index is 12.5. The molecule has 1 aliphatic carbocycles. The van der Waals surface area contributed by atoms with Gasteiger partial charge in [-0.15, -0.1) is 0 Å². The maximum absolute atomic E-state index is 12.5. The van der Waals surface area contributed by atoms with Gasteiger partial charge in [0, 0.05) is 12.0 Å². The first-order chi connectivity index (χ1) is 6.50. The minimum Gasteiger partial charge on any atom is -0.294 e. The minimum atomic E-state index is -4.35. The van der Waals surface area contributed by atoms with Crippen LogP contribution in [0.15, 0.2) is 18.2 Å². The normalized spacial score (nSPS) is 15.8. The van der Waals surface area contributed by atoms with E-state index in [-0.39, 0.29) is 29.8 Å². The molecule has 1 aromatic rings. The second kappa shape index (κ2) is 2.83. The second-order valence-electron chi connectivity index (χ2n) is 3.25. The Labute approximate surface area is 78.5 Å². The molecule has 0 radical (unpaired) electrons. The molecule has 0 atom stereocenters. The lowest BCUT2D eigenvalue weighted by Crippen LogP contribution is -2.09. The molecule has 0 aliphatic heterocycles. The Kier molecular flexibility index (Phi) is 1.87. The van der Waals surface area contributed by atoms with Crippen LogP contribution in [-0.2, 0) is 12.6 Å². The molecular formula is C10H7F3O. The average molecular weight is 200 g/mol. The van der Waals surface area contributed by atoms with Crippen LogP contribution in [0.2, 0.25) is 0 Å². The average Bonchev–Trinajstić information content (AvgIpc) is 2.46. The lowest BCUT2D eigenvalue weighted by molar-refractivity contribution is -0.138. The predicted molar refractivity (Wildman–Crippen MR) is 44.1 cm³/mol. The summed E-state index contributed by atoms with van der Waals surface area (Å²) >= 11 is 0. The van der Waals surface area contributed by atoms with Crippen molar-refractivity contribution in [2.45, 2.75) is 19.0 Å². The molecule has 0 fully saturated rings. The fourth-order valence-electron chi connectivity index (χ4n) is 1.76. The first-order valence-corrected chi connectivity index (χ1v) is 4.22. The fourth-order valence-corrected chi connectivity index (χ4v) is 1.76. The molecule has 0 heterocycles. The smallest absolute Gasteiger partial charge is 0.294 e. The summed E-state index contributed by atoms with van der Waals surface area (Å²) in [7, 11) is 0. The van der Waals surface area contributed by atoms with Gasteiger partial charge >= 0.3 is 6.18 Å². The van der Waals surface area contributed by atoms with Crippen LogP contribution in [0, 0.1) is 0 Å². The third-order valence-corrected chi connectivity index (χ3v) is 2.38. The zero-order chi connectivity index (χ0) is 10.3. The fraction of sp³-hybridized carbons (Fsp3) is 0.300. The van der Waals surface area contributed by atoms with Gasteiger partial charge in [-0.3, -0.25) is 4.79 Å². The number of carbonyl (C=O) groups excluding carboxylic acids is 1. The standard InChI is InChI=1S/C10H7F3O/c11-10(12,13)8-3-1-2-7-6(8)4-5-9(7)14/h1-3H,4-5H2. The van der Waals surface area contributed by atoms with E-state index in [1.54, 1.807) is 0 Å². The van der Waals surface area contributed by atoms with E-state index in [2.05, 4.69) is 0 Å². The molecule has 1 nitrogen and oxygen atoms in total. The molecule has 0 unspecified atom stereocenters. The Balaban J connectivity index is 2.60. The van der Waals surface area contributed by atoms with Crippen LogP contribution >= 0.6 is 0 Å². The van der Waals surface area contributed by atoms with Crippen LogP contribution < -0.4 is 0 Å². The Morgan fingerprint density at radius 2 is 1.86 bits per heavy atom. The van der Waals surface area contributed by atoms with E-state index >= 15 is 0 Å². The van der Waals surface area contributed by atoms with Gasteiger partial charge in [0.25, 0.3) is 0 Å². The van der Waals surface area contributed by atoms with Gasteiger partial charge < -0.3 is 0 Å².